The Morgan fingerprint density at radius 1 is 1.60 bits per heavy atom. The molecule has 3 nitrogen and oxygen atoms in total. The molecule has 82 valence electrons. The Labute approximate surface area is 89.2 Å². The predicted molar refractivity (Wildman–Crippen MR) is 60.4 cm³/mol. The van der Waals surface area contributed by atoms with Crippen LogP contribution >= 0.6 is 0 Å². The Kier molecular flexibility index (Phi) is 3.68. The first-order chi connectivity index (χ1) is 7.06. The third-order valence-electron chi connectivity index (χ3n) is 2.30. The third-order valence-corrected chi connectivity index (χ3v) is 2.30. The molecule has 0 aliphatic carbocycles. The van der Waals surface area contributed by atoms with Gasteiger partial charge in [-0.1, -0.05) is 13.2 Å². The molecule has 0 saturated heterocycles. The van der Waals surface area contributed by atoms with Crippen molar-refractivity contribution < 1.29 is 4.39 Å². The van der Waals surface area contributed by atoms with E-state index in [-0.39, 0.29) is 6.54 Å². The third kappa shape index (κ3) is 2.70. The summed E-state index contributed by atoms with van der Waals surface area (Å²) in [5, 5.41) is 6.08. The molecule has 0 fully saturated rings. The first-order valence-corrected chi connectivity index (χ1v) is 4.69. The highest BCUT2D eigenvalue weighted by atomic mass is 19.1. The van der Waals surface area contributed by atoms with Crippen LogP contribution in [0.1, 0.15) is 6.92 Å². The highest BCUT2D eigenvalue weighted by molar-refractivity contribution is 5.44. The van der Waals surface area contributed by atoms with Gasteiger partial charge in [-0.15, -0.1) is 0 Å². The van der Waals surface area contributed by atoms with Crippen molar-refractivity contribution in [2.75, 3.05) is 13.2 Å². The fourth-order valence-electron chi connectivity index (χ4n) is 1.35. The zero-order chi connectivity index (χ0) is 11.4. The van der Waals surface area contributed by atoms with Gasteiger partial charge in [-0.3, -0.25) is 0 Å². The van der Waals surface area contributed by atoms with Gasteiger partial charge >= 0.3 is 0 Å². The van der Waals surface area contributed by atoms with Crippen LogP contribution in [-0.4, -0.2) is 13.2 Å². The van der Waals surface area contributed by atoms with Crippen molar-refractivity contribution in [2.24, 2.45) is 5.73 Å². The largest absolute Gasteiger partial charge is 0.368 e. The lowest BCUT2D eigenvalue weighted by Gasteiger charge is -2.22. The molecule has 1 aliphatic rings. The number of rotatable bonds is 3. The van der Waals surface area contributed by atoms with E-state index in [1.807, 2.05) is 0 Å². The standard InChI is InChI=1S/C11H16FN3/c1-7-4-11(15-6-14-7)10(5-13)8(2)9(3)12/h4,14-15H,1,3,5-6,13H2,2H3/b10-8+. The smallest absolute Gasteiger partial charge is 0.119 e. The van der Waals surface area contributed by atoms with E-state index in [9.17, 15) is 4.39 Å². The van der Waals surface area contributed by atoms with E-state index in [1.165, 1.54) is 0 Å². The topological polar surface area (TPSA) is 50.1 Å². The monoisotopic (exact) mass is 209 g/mol. The summed E-state index contributed by atoms with van der Waals surface area (Å²) < 4.78 is 13.0. The summed E-state index contributed by atoms with van der Waals surface area (Å²) in [6.45, 7) is 9.54. The molecule has 0 spiro atoms. The van der Waals surface area contributed by atoms with Gasteiger partial charge in [0.1, 0.15) is 5.83 Å². The Morgan fingerprint density at radius 3 is 2.73 bits per heavy atom. The number of allylic oxidation sites excluding steroid dienone is 3. The second kappa shape index (κ2) is 4.79. The molecule has 0 aromatic rings. The van der Waals surface area contributed by atoms with Crippen molar-refractivity contribution in [2.45, 2.75) is 6.92 Å². The first kappa shape index (κ1) is 11.5. The van der Waals surface area contributed by atoms with Crippen LogP contribution in [0.5, 0.6) is 0 Å². The van der Waals surface area contributed by atoms with Crippen LogP contribution in [0.25, 0.3) is 0 Å². The Hall–Kier alpha value is -1.55. The lowest BCUT2D eigenvalue weighted by Crippen LogP contribution is -2.34. The van der Waals surface area contributed by atoms with Gasteiger partial charge in [-0.25, -0.2) is 4.39 Å². The van der Waals surface area contributed by atoms with Crippen LogP contribution in [0.15, 0.2) is 47.6 Å². The molecule has 0 saturated carbocycles. The highest BCUT2D eigenvalue weighted by Crippen LogP contribution is 2.19. The molecule has 0 aromatic heterocycles. The van der Waals surface area contributed by atoms with E-state index in [2.05, 4.69) is 23.8 Å². The zero-order valence-corrected chi connectivity index (χ0v) is 8.86. The molecule has 1 rings (SSSR count). The van der Waals surface area contributed by atoms with E-state index in [0.717, 1.165) is 17.0 Å². The highest BCUT2D eigenvalue weighted by Gasteiger charge is 2.12. The molecule has 0 aromatic carbocycles. The number of nitrogens with two attached hydrogens (primary N) is 1. The minimum Gasteiger partial charge on any atom is -0.368 e. The molecule has 0 atom stereocenters. The summed E-state index contributed by atoms with van der Waals surface area (Å²) in [6.07, 6.45) is 1.80. The molecular weight excluding hydrogens is 193 g/mol. The second-order valence-electron chi connectivity index (χ2n) is 3.33. The average molecular weight is 209 g/mol. The molecule has 4 heteroatoms. The average Bonchev–Trinajstić information content (AvgIpc) is 2.18. The Balaban J connectivity index is 3.07. The van der Waals surface area contributed by atoms with Gasteiger partial charge in [0, 0.05) is 17.9 Å². The molecule has 0 amide bonds. The molecular formula is C11H16FN3. The lowest BCUT2D eigenvalue weighted by atomic mass is 10.0. The van der Waals surface area contributed by atoms with Crippen LogP contribution in [0.3, 0.4) is 0 Å². The van der Waals surface area contributed by atoms with Crippen molar-refractivity contribution in [3.8, 4) is 0 Å². The first-order valence-electron chi connectivity index (χ1n) is 4.69. The van der Waals surface area contributed by atoms with Gasteiger partial charge < -0.3 is 16.4 Å². The van der Waals surface area contributed by atoms with Crippen LogP contribution in [0.4, 0.5) is 4.39 Å². The summed E-state index contributed by atoms with van der Waals surface area (Å²) in [4.78, 5) is 0. The van der Waals surface area contributed by atoms with E-state index in [1.54, 1.807) is 13.0 Å². The number of hydrogen-bond donors (Lipinski definition) is 3. The predicted octanol–water partition coefficient (Wildman–Crippen LogP) is 1.29. The minimum absolute atomic E-state index is 0.265. The molecule has 0 unspecified atom stereocenters. The maximum absolute atomic E-state index is 13.0. The van der Waals surface area contributed by atoms with Crippen LogP contribution in [0.2, 0.25) is 0 Å². The van der Waals surface area contributed by atoms with E-state index in [4.69, 9.17) is 5.73 Å². The molecule has 0 radical (unpaired) electrons. The fraction of sp³-hybridized carbons (Fsp3) is 0.273. The summed E-state index contributed by atoms with van der Waals surface area (Å²) in [5.74, 6) is -0.456. The second-order valence-corrected chi connectivity index (χ2v) is 3.33. The summed E-state index contributed by atoms with van der Waals surface area (Å²) in [7, 11) is 0. The van der Waals surface area contributed by atoms with Gasteiger partial charge in [0.15, 0.2) is 0 Å². The van der Waals surface area contributed by atoms with Crippen molar-refractivity contribution in [3.05, 3.63) is 47.6 Å². The fourth-order valence-corrected chi connectivity index (χ4v) is 1.35. The quantitative estimate of drug-likeness (QED) is 0.614. The Bertz CT molecular complexity index is 353. The van der Waals surface area contributed by atoms with Gasteiger partial charge in [0.2, 0.25) is 0 Å². The molecule has 15 heavy (non-hydrogen) atoms. The van der Waals surface area contributed by atoms with Crippen LogP contribution in [-0.2, 0) is 0 Å². The van der Waals surface area contributed by atoms with Gasteiger partial charge in [0.05, 0.1) is 6.67 Å². The summed E-state index contributed by atoms with van der Waals surface area (Å²) >= 11 is 0. The molecule has 0 bridgehead atoms. The zero-order valence-electron chi connectivity index (χ0n) is 8.86. The molecule has 4 N–H and O–H groups in total. The molecule has 1 heterocycles. The van der Waals surface area contributed by atoms with Crippen molar-refractivity contribution >= 4 is 0 Å². The van der Waals surface area contributed by atoms with Crippen molar-refractivity contribution in [3.63, 3.8) is 0 Å². The lowest BCUT2D eigenvalue weighted by molar-refractivity contribution is 0.647. The summed E-state index contributed by atoms with van der Waals surface area (Å²) in [5.41, 5.74) is 8.38. The van der Waals surface area contributed by atoms with E-state index < -0.39 is 5.83 Å². The SMILES string of the molecule is C=C1C=C(/C(CN)=C(\C)C(=C)F)NCN1. The van der Waals surface area contributed by atoms with Crippen molar-refractivity contribution in [1.82, 2.24) is 10.6 Å². The van der Waals surface area contributed by atoms with Crippen LogP contribution < -0.4 is 16.4 Å². The van der Waals surface area contributed by atoms with Crippen molar-refractivity contribution in [1.29, 1.82) is 0 Å². The number of halogens is 1. The van der Waals surface area contributed by atoms with E-state index in [0.29, 0.717) is 12.2 Å². The van der Waals surface area contributed by atoms with Crippen LogP contribution in [0, 0.1) is 0 Å². The minimum atomic E-state index is -0.456. The van der Waals surface area contributed by atoms with Gasteiger partial charge in [0.25, 0.3) is 0 Å². The maximum atomic E-state index is 13.0. The maximum Gasteiger partial charge on any atom is 0.119 e. The normalized spacial score (nSPS) is 17.3. The van der Waals surface area contributed by atoms with E-state index >= 15 is 0 Å². The number of nitrogens with one attached hydrogen (secondary N) is 2. The number of hydrogen-bond acceptors (Lipinski definition) is 3. The molecule has 1 aliphatic heterocycles. The Morgan fingerprint density at radius 2 is 2.27 bits per heavy atom. The summed E-state index contributed by atoms with van der Waals surface area (Å²) in [6, 6.07) is 0. The van der Waals surface area contributed by atoms with Gasteiger partial charge in [-0.2, -0.15) is 0 Å². The van der Waals surface area contributed by atoms with Gasteiger partial charge in [-0.05, 0) is 24.1 Å².